The molecule has 0 unspecified atom stereocenters. The molecule has 1 aliphatic rings. The molecule has 1 aliphatic heterocycles. The Balaban J connectivity index is 1.67. The Morgan fingerprint density at radius 2 is 1.96 bits per heavy atom. The first-order valence-corrected chi connectivity index (χ1v) is 8.97. The van der Waals surface area contributed by atoms with Crippen molar-refractivity contribution in [2.45, 2.75) is 0 Å². The Labute approximate surface area is 160 Å². The molecule has 0 atom stereocenters. The fourth-order valence-electron chi connectivity index (χ4n) is 2.85. The summed E-state index contributed by atoms with van der Waals surface area (Å²) in [5.74, 6) is 0.447. The highest BCUT2D eigenvalue weighted by Gasteiger charge is 2.22. The molecule has 0 saturated carbocycles. The average molecular weight is 403 g/mol. The van der Waals surface area contributed by atoms with Crippen LogP contribution in [0.2, 0.25) is 0 Å². The Bertz CT molecular complexity index is 1140. The van der Waals surface area contributed by atoms with E-state index in [4.69, 9.17) is 5.11 Å². The van der Waals surface area contributed by atoms with Crippen LogP contribution in [0.4, 0.5) is 16.3 Å². The van der Waals surface area contributed by atoms with E-state index in [0.29, 0.717) is 47.5 Å². The molecule has 4 rings (SSSR count). The Kier molecular flexibility index (Phi) is 4.35. The predicted octanol–water partition coefficient (Wildman–Crippen LogP) is 0.921. The van der Waals surface area contributed by atoms with Crippen molar-refractivity contribution in [3.05, 3.63) is 45.0 Å². The van der Waals surface area contributed by atoms with E-state index in [2.05, 4.69) is 15.1 Å². The lowest BCUT2D eigenvalue weighted by atomic mass is 10.3. The smallest absolute Gasteiger partial charge is 0.407 e. The van der Waals surface area contributed by atoms with Gasteiger partial charge in [-0.15, -0.1) is 0 Å². The third kappa shape index (κ3) is 3.22. The summed E-state index contributed by atoms with van der Waals surface area (Å²) < 4.78 is 1.13. The first-order valence-electron chi connectivity index (χ1n) is 8.16. The van der Waals surface area contributed by atoms with Crippen LogP contribution >= 0.6 is 11.3 Å². The summed E-state index contributed by atoms with van der Waals surface area (Å²) in [5, 5.41) is 24.5. The lowest BCUT2D eigenvalue weighted by Gasteiger charge is -2.33. The van der Waals surface area contributed by atoms with Gasteiger partial charge < -0.3 is 14.9 Å². The number of nitro groups is 1. The molecular formula is C15H13N7O5S. The molecule has 0 radical (unpaired) electrons. The first kappa shape index (κ1) is 17.8. The zero-order chi connectivity index (χ0) is 19.8. The molecule has 1 amide bonds. The highest BCUT2D eigenvalue weighted by Crippen LogP contribution is 2.27. The zero-order valence-electron chi connectivity index (χ0n) is 14.3. The van der Waals surface area contributed by atoms with Crippen LogP contribution in [-0.2, 0) is 0 Å². The predicted molar refractivity (Wildman–Crippen MR) is 98.8 cm³/mol. The Morgan fingerprint density at radius 1 is 1.21 bits per heavy atom. The van der Waals surface area contributed by atoms with Crippen LogP contribution in [0.15, 0.2) is 29.3 Å². The first-order chi connectivity index (χ1) is 13.4. The highest BCUT2D eigenvalue weighted by atomic mass is 32.1. The molecule has 144 valence electrons. The molecule has 3 aromatic heterocycles. The Hall–Kier alpha value is -3.61. The van der Waals surface area contributed by atoms with Crippen LogP contribution in [0.1, 0.15) is 0 Å². The van der Waals surface area contributed by atoms with Crippen molar-refractivity contribution in [3.8, 4) is 10.6 Å². The van der Waals surface area contributed by atoms with E-state index in [9.17, 15) is 19.7 Å². The summed E-state index contributed by atoms with van der Waals surface area (Å²) in [6, 6.07) is 2.68. The van der Waals surface area contributed by atoms with E-state index < -0.39 is 11.0 Å². The second-order valence-electron chi connectivity index (χ2n) is 6.00. The van der Waals surface area contributed by atoms with E-state index in [1.54, 1.807) is 0 Å². The number of hydrogen-bond acceptors (Lipinski definition) is 9. The van der Waals surface area contributed by atoms with Gasteiger partial charge in [-0.05, 0) is 0 Å². The monoisotopic (exact) mass is 403 g/mol. The normalized spacial score (nSPS) is 14.4. The fraction of sp³-hybridized carbons (Fsp3) is 0.267. The lowest BCUT2D eigenvalue weighted by Crippen LogP contribution is -2.48. The van der Waals surface area contributed by atoms with Gasteiger partial charge in [0, 0.05) is 50.1 Å². The number of carbonyl (C=O) groups is 1. The molecule has 0 aromatic carbocycles. The minimum atomic E-state index is -0.971. The van der Waals surface area contributed by atoms with Gasteiger partial charge in [0.25, 0.3) is 11.2 Å². The number of amides is 1. The molecule has 13 heteroatoms. The number of anilines is 1. The van der Waals surface area contributed by atoms with E-state index >= 15 is 0 Å². The summed E-state index contributed by atoms with van der Waals surface area (Å²) in [7, 11) is 0. The van der Waals surface area contributed by atoms with Gasteiger partial charge in [-0.25, -0.2) is 9.78 Å². The number of nitrogens with zero attached hydrogens (tertiary/aromatic N) is 7. The van der Waals surface area contributed by atoms with Gasteiger partial charge in [0.15, 0.2) is 0 Å². The number of pyridine rings is 1. The molecular weight excluding hydrogens is 390 g/mol. The van der Waals surface area contributed by atoms with Gasteiger partial charge in [-0.3, -0.25) is 19.9 Å². The molecule has 1 fully saturated rings. The van der Waals surface area contributed by atoms with Crippen LogP contribution < -0.4 is 10.5 Å². The minimum absolute atomic E-state index is 0.172. The maximum Gasteiger partial charge on any atom is 0.407 e. The SMILES string of the molecule is O=C(O)N1CCN(c2cc(=O)n3nc(-c4cncc([N+](=O)[O-])c4)sc3n2)CC1. The molecule has 4 heterocycles. The van der Waals surface area contributed by atoms with Crippen molar-refractivity contribution in [3.63, 3.8) is 0 Å². The number of piperazine rings is 1. The van der Waals surface area contributed by atoms with Crippen molar-refractivity contribution in [1.29, 1.82) is 0 Å². The number of carboxylic acid groups (broad SMARTS) is 1. The number of fused-ring (bicyclic) bond motifs is 1. The summed E-state index contributed by atoms with van der Waals surface area (Å²) in [4.78, 5) is 45.6. The summed E-state index contributed by atoms with van der Waals surface area (Å²) in [6.45, 7) is 1.50. The van der Waals surface area contributed by atoms with E-state index in [0.717, 1.165) is 22.0 Å². The zero-order valence-corrected chi connectivity index (χ0v) is 15.1. The fourth-order valence-corrected chi connectivity index (χ4v) is 3.73. The molecule has 1 saturated heterocycles. The Morgan fingerprint density at radius 3 is 2.64 bits per heavy atom. The molecule has 1 N–H and O–H groups in total. The van der Waals surface area contributed by atoms with Crippen molar-refractivity contribution < 1.29 is 14.8 Å². The van der Waals surface area contributed by atoms with Crippen molar-refractivity contribution in [1.82, 2.24) is 24.5 Å². The van der Waals surface area contributed by atoms with Crippen LogP contribution in [0.5, 0.6) is 0 Å². The van der Waals surface area contributed by atoms with Crippen LogP contribution in [0.3, 0.4) is 0 Å². The third-order valence-corrected chi connectivity index (χ3v) is 5.24. The highest BCUT2D eigenvalue weighted by molar-refractivity contribution is 7.19. The molecule has 3 aromatic rings. The lowest BCUT2D eigenvalue weighted by molar-refractivity contribution is -0.385. The molecule has 0 aliphatic carbocycles. The van der Waals surface area contributed by atoms with Gasteiger partial charge in [-0.2, -0.15) is 9.61 Å². The molecule has 0 bridgehead atoms. The number of rotatable bonds is 3. The van der Waals surface area contributed by atoms with Gasteiger partial charge in [0.1, 0.15) is 17.0 Å². The topological polar surface area (TPSA) is 147 Å². The minimum Gasteiger partial charge on any atom is -0.465 e. The van der Waals surface area contributed by atoms with Crippen molar-refractivity contribution in [2.75, 3.05) is 31.1 Å². The second kappa shape index (κ2) is 6.84. The number of hydrogen-bond donors (Lipinski definition) is 1. The van der Waals surface area contributed by atoms with Crippen molar-refractivity contribution in [2.24, 2.45) is 0 Å². The van der Waals surface area contributed by atoms with E-state index in [-0.39, 0.29) is 11.2 Å². The van der Waals surface area contributed by atoms with Gasteiger partial charge in [-0.1, -0.05) is 11.3 Å². The summed E-state index contributed by atoms with van der Waals surface area (Å²) in [6.07, 6.45) is 1.60. The number of aromatic nitrogens is 4. The van der Waals surface area contributed by atoms with Gasteiger partial charge in [0.05, 0.1) is 4.92 Å². The molecule has 0 spiro atoms. The maximum atomic E-state index is 12.4. The third-order valence-electron chi connectivity index (χ3n) is 4.29. The quantitative estimate of drug-likeness (QED) is 0.498. The molecule has 12 nitrogen and oxygen atoms in total. The average Bonchev–Trinajstić information content (AvgIpc) is 3.13. The summed E-state index contributed by atoms with van der Waals surface area (Å²) in [5.41, 5.74) is -0.142. The standard InChI is InChI=1S/C15H13N7O5S/c23-12-6-11(19-1-3-20(4-2-19)15(24)25)17-14-21(12)18-13(28-14)9-5-10(22(26)27)8-16-7-9/h5-8H,1-4H2,(H,24,25). The maximum absolute atomic E-state index is 12.4. The van der Waals surface area contributed by atoms with E-state index in [1.165, 1.54) is 23.2 Å². The van der Waals surface area contributed by atoms with Crippen LogP contribution in [0.25, 0.3) is 15.5 Å². The van der Waals surface area contributed by atoms with Gasteiger partial charge >= 0.3 is 6.09 Å². The second-order valence-corrected chi connectivity index (χ2v) is 6.96. The van der Waals surface area contributed by atoms with Crippen LogP contribution in [0, 0.1) is 10.1 Å². The van der Waals surface area contributed by atoms with E-state index in [1.807, 2.05) is 4.90 Å². The van der Waals surface area contributed by atoms with Gasteiger partial charge in [0.2, 0.25) is 4.96 Å². The van der Waals surface area contributed by atoms with Crippen molar-refractivity contribution >= 4 is 33.9 Å². The molecule has 28 heavy (non-hydrogen) atoms. The largest absolute Gasteiger partial charge is 0.465 e. The summed E-state index contributed by atoms with van der Waals surface area (Å²) >= 11 is 1.12. The van der Waals surface area contributed by atoms with Crippen LogP contribution in [-0.4, -0.2) is 66.8 Å².